The van der Waals surface area contributed by atoms with E-state index in [0.717, 1.165) is 6.42 Å². The summed E-state index contributed by atoms with van der Waals surface area (Å²) in [5.74, 6) is 0.0422. The summed E-state index contributed by atoms with van der Waals surface area (Å²) in [6.07, 6.45) is 2.90. The molecule has 10 heavy (non-hydrogen) atoms. The minimum atomic E-state index is -0.0596. The number of ether oxygens (including phenoxy) is 1. The molecule has 56 valence electrons. The normalized spacial score (nSPS) is 26.6. The Morgan fingerprint density at radius 2 is 2.60 bits per heavy atom. The highest BCUT2D eigenvalue weighted by Gasteiger charge is 2.36. The van der Waals surface area contributed by atoms with Crippen LogP contribution in [0.25, 0.3) is 0 Å². The van der Waals surface area contributed by atoms with Crippen molar-refractivity contribution >= 4 is 5.97 Å². The summed E-state index contributed by atoms with van der Waals surface area (Å²) >= 11 is 0. The van der Waals surface area contributed by atoms with Crippen molar-refractivity contribution in [3.8, 4) is 0 Å². The van der Waals surface area contributed by atoms with Gasteiger partial charge in [0, 0.05) is 0 Å². The van der Waals surface area contributed by atoms with Crippen LogP contribution in [0.4, 0.5) is 0 Å². The van der Waals surface area contributed by atoms with Gasteiger partial charge in [-0.3, -0.25) is 4.79 Å². The second-order valence-electron chi connectivity index (χ2n) is 2.37. The van der Waals surface area contributed by atoms with E-state index in [1.165, 1.54) is 5.57 Å². The van der Waals surface area contributed by atoms with Crippen LogP contribution in [-0.4, -0.2) is 12.6 Å². The van der Waals surface area contributed by atoms with Crippen LogP contribution in [0.2, 0.25) is 0 Å². The van der Waals surface area contributed by atoms with Gasteiger partial charge in [0.2, 0.25) is 0 Å². The lowest BCUT2D eigenvalue weighted by Crippen LogP contribution is -2.05. The van der Waals surface area contributed by atoms with Gasteiger partial charge in [-0.25, -0.2) is 0 Å². The first-order valence-electron chi connectivity index (χ1n) is 3.61. The number of esters is 1. The van der Waals surface area contributed by atoms with Crippen molar-refractivity contribution in [1.82, 2.24) is 0 Å². The highest BCUT2D eigenvalue weighted by atomic mass is 16.5. The molecule has 0 bridgehead atoms. The standard InChI is InChI=1S/C8H12O2/c1-3-6-5-7(6)8(9)10-4-2/h3,7H,4-5H2,1-2H3/b6-3+. The van der Waals surface area contributed by atoms with Gasteiger partial charge in [-0.05, 0) is 20.3 Å². The lowest BCUT2D eigenvalue weighted by molar-refractivity contribution is -0.144. The summed E-state index contributed by atoms with van der Waals surface area (Å²) in [6, 6.07) is 0. The predicted octanol–water partition coefficient (Wildman–Crippen LogP) is 1.52. The van der Waals surface area contributed by atoms with Gasteiger partial charge in [0.15, 0.2) is 0 Å². The van der Waals surface area contributed by atoms with Gasteiger partial charge >= 0.3 is 5.97 Å². The van der Waals surface area contributed by atoms with Crippen LogP contribution >= 0.6 is 0 Å². The van der Waals surface area contributed by atoms with Crippen molar-refractivity contribution in [3.05, 3.63) is 11.6 Å². The van der Waals surface area contributed by atoms with E-state index in [2.05, 4.69) is 0 Å². The van der Waals surface area contributed by atoms with E-state index in [1.54, 1.807) is 0 Å². The summed E-state index contributed by atoms with van der Waals surface area (Å²) < 4.78 is 4.82. The Bertz CT molecular complexity index is 170. The number of allylic oxidation sites excluding steroid dienone is 1. The molecule has 0 aromatic carbocycles. The fourth-order valence-corrected chi connectivity index (χ4v) is 0.973. The maximum Gasteiger partial charge on any atom is 0.313 e. The number of rotatable bonds is 2. The fraction of sp³-hybridized carbons (Fsp3) is 0.625. The Balaban J connectivity index is 2.33. The third-order valence-electron chi connectivity index (χ3n) is 1.67. The molecule has 0 saturated heterocycles. The van der Waals surface area contributed by atoms with Crippen LogP contribution in [0.5, 0.6) is 0 Å². The molecule has 0 aromatic rings. The highest BCUT2D eigenvalue weighted by molar-refractivity contribution is 5.80. The van der Waals surface area contributed by atoms with Crippen molar-refractivity contribution in [2.45, 2.75) is 20.3 Å². The van der Waals surface area contributed by atoms with E-state index in [1.807, 2.05) is 19.9 Å². The summed E-state index contributed by atoms with van der Waals surface area (Å²) in [7, 11) is 0. The largest absolute Gasteiger partial charge is 0.466 e. The molecule has 2 heteroatoms. The zero-order valence-corrected chi connectivity index (χ0v) is 6.39. The molecule has 2 nitrogen and oxygen atoms in total. The molecule has 0 radical (unpaired) electrons. The van der Waals surface area contributed by atoms with Gasteiger partial charge < -0.3 is 4.74 Å². The average Bonchev–Trinajstić information content (AvgIpc) is 2.66. The van der Waals surface area contributed by atoms with E-state index in [4.69, 9.17) is 4.74 Å². The van der Waals surface area contributed by atoms with Crippen molar-refractivity contribution in [2.75, 3.05) is 6.61 Å². The van der Waals surface area contributed by atoms with Gasteiger partial charge in [-0.15, -0.1) is 0 Å². The maximum atomic E-state index is 10.9. The van der Waals surface area contributed by atoms with E-state index in [-0.39, 0.29) is 11.9 Å². The molecule has 1 aliphatic carbocycles. The van der Waals surface area contributed by atoms with Crippen molar-refractivity contribution < 1.29 is 9.53 Å². The second-order valence-corrected chi connectivity index (χ2v) is 2.37. The molecule has 0 spiro atoms. The zero-order valence-electron chi connectivity index (χ0n) is 6.39. The third-order valence-corrected chi connectivity index (χ3v) is 1.67. The number of hydrogen-bond acceptors (Lipinski definition) is 2. The highest BCUT2D eigenvalue weighted by Crippen LogP contribution is 2.38. The molecular weight excluding hydrogens is 128 g/mol. The minimum absolute atomic E-state index is 0.0596. The van der Waals surface area contributed by atoms with Gasteiger partial charge in [0.05, 0.1) is 12.5 Å². The molecule has 0 aromatic heterocycles. The lowest BCUT2D eigenvalue weighted by atomic mass is 10.4. The molecule has 1 aliphatic rings. The van der Waals surface area contributed by atoms with Gasteiger partial charge in [-0.1, -0.05) is 11.6 Å². The topological polar surface area (TPSA) is 26.3 Å². The molecule has 1 unspecified atom stereocenters. The molecule has 0 aliphatic heterocycles. The van der Waals surface area contributed by atoms with Crippen molar-refractivity contribution in [3.63, 3.8) is 0 Å². The monoisotopic (exact) mass is 140 g/mol. The van der Waals surface area contributed by atoms with Crippen LogP contribution in [0, 0.1) is 5.92 Å². The Morgan fingerprint density at radius 1 is 1.90 bits per heavy atom. The van der Waals surface area contributed by atoms with Crippen LogP contribution < -0.4 is 0 Å². The van der Waals surface area contributed by atoms with Crippen LogP contribution in [0.1, 0.15) is 20.3 Å². The zero-order chi connectivity index (χ0) is 7.56. The SMILES string of the molecule is C/C=C1\CC1C(=O)OCC. The number of hydrogen-bond donors (Lipinski definition) is 0. The van der Waals surface area contributed by atoms with Crippen LogP contribution in [0.3, 0.4) is 0 Å². The molecule has 1 atom stereocenters. The molecule has 0 N–H and O–H groups in total. The molecule has 1 rings (SSSR count). The van der Waals surface area contributed by atoms with Gasteiger partial charge in [0.25, 0.3) is 0 Å². The molecule has 1 saturated carbocycles. The van der Waals surface area contributed by atoms with Gasteiger partial charge in [0.1, 0.15) is 0 Å². The summed E-state index contributed by atoms with van der Waals surface area (Å²) in [6.45, 7) is 4.27. The Hall–Kier alpha value is -0.790. The second kappa shape index (κ2) is 2.86. The Labute approximate surface area is 60.9 Å². The van der Waals surface area contributed by atoms with E-state index in [9.17, 15) is 4.79 Å². The Kier molecular flexibility index (Phi) is 2.10. The average molecular weight is 140 g/mol. The van der Waals surface area contributed by atoms with E-state index >= 15 is 0 Å². The third kappa shape index (κ3) is 1.38. The van der Waals surface area contributed by atoms with Gasteiger partial charge in [-0.2, -0.15) is 0 Å². The minimum Gasteiger partial charge on any atom is -0.466 e. The first-order chi connectivity index (χ1) is 4.79. The summed E-state index contributed by atoms with van der Waals surface area (Å²) in [4.78, 5) is 10.9. The first kappa shape index (κ1) is 7.32. The summed E-state index contributed by atoms with van der Waals surface area (Å²) in [5, 5.41) is 0. The van der Waals surface area contributed by atoms with E-state index in [0.29, 0.717) is 6.61 Å². The van der Waals surface area contributed by atoms with Crippen LogP contribution in [0.15, 0.2) is 11.6 Å². The summed E-state index contributed by atoms with van der Waals surface area (Å²) in [5.41, 5.74) is 1.22. The fourth-order valence-electron chi connectivity index (χ4n) is 0.973. The van der Waals surface area contributed by atoms with Crippen molar-refractivity contribution in [2.24, 2.45) is 5.92 Å². The molecule has 1 fully saturated rings. The molecule has 0 amide bonds. The number of carbonyl (C=O) groups excluding carboxylic acids is 1. The molecular formula is C8H12O2. The number of carbonyl (C=O) groups is 1. The Morgan fingerprint density at radius 3 is 3.00 bits per heavy atom. The predicted molar refractivity (Wildman–Crippen MR) is 38.5 cm³/mol. The quantitative estimate of drug-likeness (QED) is 0.429. The molecule has 0 heterocycles. The van der Waals surface area contributed by atoms with Crippen molar-refractivity contribution in [1.29, 1.82) is 0 Å². The lowest BCUT2D eigenvalue weighted by Gasteiger charge is -1.95. The first-order valence-corrected chi connectivity index (χ1v) is 3.61. The maximum absolute atomic E-state index is 10.9. The smallest absolute Gasteiger partial charge is 0.313 e. The van der Waals surface area contributed by atoms with Crippen LogP contribution in [-0.2, 0) is 9.53 Å². The van der Waals surface area contributed by atoms with E-state index < -0.39 is 0 Å².